The molecular weight excluding hydrogens is 298 g/mol. The van der Waals surface area contributed by atoms with Crippen molar-refractivity contribution in [3.8, 4) is 11.3 Å². The van der Waals surface area contributed by atoms with Crippen LogP contribution in [0.5, 0.6) is 0 Å². The van der Waals surface area contributed by atoms with Crippen molar-refractivity contribution in [2.75, 3.05) is 19.8 Å². The molecule has 0 aliphatic carbocycles. The van der Waals surface area contributed by atoms with Gasteiger partial charge in [-0.3, -0.25) is 9.89 Å². The number of H-pyrrole nitrogens is 1. The van der Waals surface area contributed by atoms with Crippen LogP contribution >= 0.6 is 11.3 Å². The van der Waals surface area contributed by atoms with E-state index in [-0.39, 0.29) is 5.91 Å². The van der Waals surface area contributed by atoms with Gasteiger partial charge in [-0.05, 0) is 30.2 Å². The van der Waals surface area contributed by atoms with Gasteiger partial charge in [-0.25, -0.2) is 0 Å². The summed E-state index contributed by atoms with van der Waals surface area (Å²) in [5.41, 5.74) is 4.21. The zero-order chi connectivity index (χ0) is 14.9. The molecule has 2 aromatic rings. The Hall–Kier alpha value is -1.66. The van der Waals surface area contributed by atoms with Gasteiger partial charge in [-0.15, -0.1) is 0 Å². The first kappa shape index (κ1) is 14.0. The molecule has 4 rings (SSSR count). The molecule has 0 spiro atoms. The van der Waals surface area contributed by atoms with Crippen LogP contribution in [0.3, 0.4) is 0 Å². The number of hydrogen-bond acceptors (Lipinski definition) is 4. The average Bonchev–Trinajstić information content (AvgIpc) is 3.18. The van der Waals surface area contributed by atoms with Gasteiger partial charge in [0.05, 0.1) is 24.4 Å². The van der Waals surface area contributed by atoms with Gasteiger partial charge in [0.1, 0.15) is 0 Å². The maximum Gasteiger partial charge on any atom is 0.227 e. The van der Waals surface area contributed by atoms with Gasteiger partial charge < -0.3 is 9.64 Å². The standard InChI is InChI=1S/C16H19N3O2S/c20-15-7-13-14(17-18-16(13)12-3-6-22-10-12)9-19(15)8-11-1-4-21-5-2-11/h3,6,10-11H,1-2,4-5,7-9H2,(H,17,18). The monoisotopic (exact) mass is 317 g/mol. The summed E-state index contributed by atoms with van der Waals surface area (Å²) in [5.74, 6) is 0.787. The Bertz CT molecular complexity index is 659. The Morgan fingerprint density at radius 2 is 2.27 bits per heavy atom. The molecule has 2 aliphatic heterocycles. The van der Waals surface area contributed by atoms with Crippen LogP contribution in [0.2, 0.25) is 0 Å². The molecule has 2 aromatic heterocycles. The Labute approximate surface area is 133 Å². The second kappa shape index (κ2) is 5.85. The van der Waals surface area contributed by atoms with Crippen molar-refractivity contribution < 1.29 is 9.53 Å². The van der Waals surface area contributed by atoms with Crippen LogP contribution in [0.25, 0.3) is 11.3 Å². The highest BCUT2D eigenvalue weighted by Gasteiger charge is 2.29. The molecule has 5 nitrogen and oxygen atoms in total. The normalized spacial score (nSPS) is 19.5. The van der Waals surface area contributed by atoms with Crippen LogP contribution in [-0.4, -0.2) is 40.8 Å². The lowest BCUT2D eigenvalue weighted by Gasteiger charge is -2.32. The van der Waals surface area contributed by atoms with E-state index in [0.717, 1.165) is 55.1 Å². The number of ether oxygens (including phenoxy) is 1. The fraction of sp³-hybridized carbons (Fsp3) is 0.500. The van der Waals surface area contributed by atoms with Crippen molar-refractivity contribution in [2.24, 2.45) is 5.92 Å². The minimum absolute atomic E-state index is 0.219. The summed E-state index contributed by atoms with van der Waals surface area (Å²) < 4.78 is 5.40. The number of rotatable bonds is 3. The number of nitrogens with zero attached hydrogens (tertiary/aromatic N) is 2. The highest BCUT2D eigenvalue weighted by molar-refractivity contribution is 7.08. The molecular formula is C16H19N3O2S. The average molecular weight is 317 g/mol. The van der Waals surface area contributed by atoms with Crippen molar-refractivity contribution in [1.29, 1.82) is 0 Å². The molecule has 1 saturated heterocycles. The highest BCUT2D eigenvalue weighted by Crippen LogP contribution is 2.30. The van der Waals surface area contributed by atoms with E-state index in [1.807, 2.05) is 10.3 Å². The maximum atomic E-state index is 12.5. The van der Waals surface area contributed by atoms with Crippen molar-refractivity contribution in [3.63, 3.8) is 0 Å². The predicted octanol–water partition coefficient (Wildman–Crippen LogP) is 2.45. The molecule has 6 heteroatoms. The number of nitrogens with one attached hydrogen (secondary N) is 1. The third-order valence-electron chi connectivity index (χ3n) is 4.60. The fourth-order valence-electron chi connectivity index (χ4n) is 3.31. The molecule has 1 fully saturated rings. The van der Waals surface area contributed by atoms with E-state index in [4.69, 9.17) is 4.74 Å². The molecule has 116 valence electrons. The number of amides is 1. The number of carbonyl (C=O) groups excluding carboxylic acids is 1. The summed E-state index contributed by atoms with van der Waals surface area (Å²) in [6.07, 6.45) is 2.57. The lowest BCUT2D eigenvalue weighted by molar-refractivity contribution is -0.133. The third-order valence-corrected chi connectivity index (χ3v) is 5.28. The Balaban J connectivity index is 1.52. The van der Waals surface area contributed by atoms with Crippen LogP contribution < -0.4 is 0 Å². The molecule has 22 heavy (non-hydrogen) atoms. The van der Waals surface area contributed by atoms with Gasteiger partial charge in [0, 0.05) is 36.3 Å². The second-order valence-electron chi connectivity index (χ2n) is 6.05. The highest BCUT2D eigenvalue weighted by atomic mass is 32.1. The number of fused-ring (bicyclic) bond motifs is 1. The van der Waals surface area contributed by atoms with Crippen LogP contribution in [0.15, 0.2) is 16.8 Å². The molecule has 2 aliphatic rings. The zero-order valence-electron chi connectivity index (χ0n) is 12.4. The summed E-state index contributed by atoms with van der Waals surface area (Å²) in [7, 11) is 0. The quantitative estimate of drug-likeness (QED) is 0.946. The van der Waals surface area contributed by atoms with Gasteiger partial charge in [-0.1, -0.05) is 0 Å². The van der Waals surface area contributed by atoms with Gasteiger partial charge >= 0.3 is 0 Å². The van der Waals surface area contributed by atoms with E-state index < -0.39 is 0 Å². The summed E-state index contributed by atoms with van der Waals surface area (Å²) in [4.78, 5) is 14.5. The summed E-state index contributed by atoms with van der Waals surface area (Å²) >= 11 is 1.65. The zero-order valence-corrected chi connectivity index (χ0v) is 13.2. The lowest BCUT2D eigenvalue weighted by Crippen LogP contribution is -2.40. The van der Waals surface area contributed by atoms with E-state index in [2.05, 4.69) is 21.6 Å². The van der Waals surface area contributed by atoms with Gasteiger partial charge in [0.15, 0.2) is 0 Å². The Morgan fingerprint density at radius 1 is 1.41 bits per heavy atom. The summed E-state index contributed by atoms with van der Waals surface area (Å²) in [5, 5.41) is 11.7. The first-order valence-corrected chi connectivity index (χ1v) is 8.70. The molecule has 0 aromatic carbocycles. The first-order chi connectivity index (χ1) is 10.8. The molecule has 1 N–H and O–H groups in total. The lowest BCUT2D eigenvalue weighted by atomic mass is 9.96. The minimum Gasteiger partial charge on any atom is -0.381 e. The number of aromatic nitrogens is 2. The smallest absolute Gasteiger partial charge is 0.227 e. The van der Waals surface area contributed by atoms with Crippen molar-refractivity contribution in [1.82, 2.24) is 15.1 Å². The van der Waals surface area contributed by atoms with Crippen molar-refractivity contribution in [2.45, 2.75) is 25.8 Å². The third kappa shape index (κ3) is 2.57. The summed E-state index contributed by atoms with van der Waals surface area (Å²) in [6.45, 7) is 3.14. The minimum atomic E-state index is 0.219. The molecule has 0 radical (unpaired) electrons. The van der Waals surface area contributed by atoms with Crippen LogP contribution in [-0.2, 0) is 22.5 Å². The van der Waals surface area contributed by atoms with E-state index in [9.17, 15) is 4.79 Å². The van der Waals surface area contributed by atoms with Crippen molar-refractivity contribution >= 4 is 17.2 Å². The maximum absolute atomic E-state index is 12.5. The number of aromatic amines is 1. The van der Waals surface area contributed by atoms with E-state index in [1.54, 1.807) is 11.3 Å². The van der Waals surface area contributed by atoms with E-state index in [1.165, 1.54) is 0 Å². The molecule has 0 unspecified atom stereocenters. The Morgan fingerprint density at radius 3 is 3.05 bits per heavy atom. The Kier molecular flexibility index (Phi) is 3.72. The van der Waals surface area contributed by atoms with E-state index >= 15 is 0 Å². The van der Waals surface area contributed by atoms with Crippen LogP contribution in [0.4, 0.5) is 0 Å². The van der Waals surface area contributed by atoms with Crippen LogP contribution in [0.1, 0.15) is 24.1 Å². The molecule has 4 heterocycles. The van der Waals surface area contributed by atoms with E-state index in [0.29, 0.717) is 18.9 Å². The number of hydrogen-bond donors (Lipinski definition) is 1. The fourth-order valence-corrected chi connectivity index (χ4v) is 3.95. The second-order valence-corrected chi connectivity index (χ2v) is 6.83. The molecule has 0 atom stereocenters. The van der Waals surface area contributed by atoms with Gasteiger partial charge in [0.25, 0.3) is 0 Å². The topological polar surface area (TPSA) is 58.2 Å². The summed E-state index contributed by atoms with van der Waals surface area (Å²) in [6, 6.07) is 2.06. The molecule has 1 amide bonds. The van der Waals surface area contributed by atoms with Gasteiger partial charge in [0.2, 0.25) is 5.91 Å². The van der Waals surface area contributed by atoms with Gasteiger partial charge in [-0.2, -0.15) is 16.4 Å². The number of carbonyl (C=O) groups is 1. The molecule has 0 saturated carbocycles. The molecule has 0 bridgehead atoms. The van der Waals surface area contributed by atoms with Crippen molar-refractivity contribution in [3.05, 3.63) is 28.1 Å². The SMILES string of the molecule is O=C1Cc2c(-c3ccsc3)n[nH]c2CN1CC1CCOCC1. The first-order valence-electron chi connectivity index (χ1n) is 7.75. The van der Waals surface area contributed by atoms with Crippen LogP contribution in [0, 0.1) is 5.92 Å². The number of thiophene rings is 1. The largest absolute Gasteiger partial charge is 0.381 e. The predicted molar refractivity (Wildman–Crippen MR) is 84.6 cm³/mol.